The summed E-state index contributed by atoms with van der Waals surface area (Å²) in [5.74, 6) is -0.107. The molecular weight excluding hydrogens is 348 g/mol. The van der Waals surface area contributed by atoms with Gasteiger partial charge < -0.3 is 14.5 Å². The summed E-state index contributed by atoms with van der Waals surface area (Å²) >= 11 is 0. The molecule has 0 radical (unpaired) electrons. The number of fused-ring (bicyclic) bond motifs is 3. The third-order valence-electron chi connectivity index (χ3n) is 4.06. The zero-order chi connectivity index (χ0) is 18.8. The third kappa shape index (κ3) is 3.43. The van der Waals surface area contributed by atoms with Crippen LogP contribution in [0.2, 0.25) is 0 Å². The van der Waals surface area contributed by atoms with E-state index in [1.54, 1.807) is 18.2 Å². The van der Waals surface area contributed by atoms with Gasteiger partial charge in [0.15, 0.2) is 6.61 Å². The lowest BCUT2D eigenvalue weighted by Crippen LogP contribution is -2.20. The highest BCUT2D eigenvalue weighted by Gasteiger charge is 2.10. The number of carbonyl (C=O) groups excluding carboxylic acids is 1. The molecule has 7 nitrogen and oxygen atoms in total. The van der Waals surface area contributed by atoms with Crippen LogP contribution in [0.4, 0.5) is 11.4 Å². The number of furan rings is 1. The lowest BCUT2D eigenvalue weighted by molar-refractivity contribution is -0.384. The average Bonchev–Trinajstić information content (AvgIpc) is 3.05. The number of nitrogens with zero attached hydrogens (tertiary/aromatic N) is 1. The van der Waals surface area contributed by atoms with Crippen LogP contribution in [-0.2, 0) is 4.79 Å². The van der Waals surface area contributed by atoms with Gasteiger partial charge >= 0.3 is 0 Å². The Morgan fingerprint density at radius 1 is 1.00 bits per heavy atom. The maximum Gasteiger partial charge on any atom is 0.273 e. The highest BCUT2D eigenvalue weighted by molar-refractivity contribution is 6.07. The summed E-state index contributed by atoms with van der Waals surface area (Å²) in [6.07, 6.45) is 0. The van der Waals surface area contributed by atoms with Crippen LogP contribution < -0.4 is 10.1 Å². The van der Waals surface area contributed by atoms with Crippen LogP contribution >= 0.6 is 0 Å². The van der Waals surface area contributed by atoms with Crippen molar-refractivity contribution in [1.29, 1.82) is 0 Å². The summed E-state index contributed by atoms with van der Waals surface area (Å²) in [4.78, 5) is 22.4. The lowest BCUT2D eigenvalue weighted by Gasteiger charge is -2.07. The van der Waals surface area contributed by atoms with Gasteiger partial charge in [0.25, 0.3) is 11.6 Å². The standard InChI is InChI=1S/C20H14N2O5/c23-20(12-26-15-5-3-4-14(11-15)22(24)25)21-13-8-9-19-17(10-13)16-6-1-2-7-18(16)27-19/h1-11H,12H2,(H,21,23). The largest absolute Gasteiger partial charge is 0.484 e. The fourth-order valence-electron chi connectivity index (χ4n) is 2.84. The van der Waals surface area contributed by atoms with Crippen LogP contribution in [0.1, 0.15) is 0 Å². The predicted molar refractivity (Wildman–Crippen MR) is 101 cm³/mol. The SMILES string of the molecule is O=C(COc1cccc([N+](=O)[O-])c1)Nc1ccc2oc3ccccc3c2c1. The van der Waals surface area contributed by atoms with Gasteiger partial charge in [-0.25, -0.2) is 0 Å². The molecule has 0 atom stereocenters. The molecule has 0 aliphatic carbocycles. The molecule has 4 aromatic rings. The minimum absolute atomic E-state index is 0.0924. The summed E-state index contributed by atoms with van der Waals surface area (Å²) < 4.78 is 11.1. The van der Waals surface area contributed by atoms with E-state index >= 15 is 0 Å². The van der Waals surface area contributed by atoms with Crippen molar-refractivity contribution in [3.63, 3.8) is 0 Å². The third-order valence-corrected chi connectivity index (χ3v) is 4.06. The first-order valence-electron chi connectivity index (χ1n) is 8.18. The molecule has 7 heteroatoms. The molecule has 0 aliphatic rings. The molecule has 3 aromatic carbocycles. The van der Waals surface area contributed by atoms with Gasteiger partial charge in [0.05, 0.1) is 11.0 Å². The van der Waals surface area contributed by atoms with Crippen molar-refractivity contribution in [2.24, 2.45) is 0 Å². The van der Waals surface area contributed by atoms with Gasteiger partial charge in [0.2, 0.25) is 0 Å². The molecular formula is C20H14N2O5. The number of ether oxygens (including phenoxy) is 1. The van der Waals surface area contributed by atoms with E-state index in [2.05, 4.69) is 5.32 Å². The molecule has 4 rings (SSSR count). The number of hydrogen-bond acceptors (Lipinski definition) is 5. The van der Waals surface area contributed by atoms with Gasteiger partial charge in [0.1, 0.15) is 16.9 Å². The second-order valence-electron chi connectivity index (χ2n) is 5.90. The number of rotatable bonds is 5. The fraction of sp³-hybridized carbons (Fsp3) is 0.0500. The molecule has 0 bridgehead atoms. The molecule has 27 heavy (non-hydrogen) atoms. The van der Waals surface area contributed by atoms with Gasteiger partial charge in [-0.3, -0.25) is 14.9 Å². The van der Waals surface area contributed by atoms with Crippen molar-refractivity contribution in [1.82, 2.24) is 0 Å². The maximum absolute atomic E-state index is 12.1. The Morgan fingerprint density at radius 3 is 2.67 bits per heavy atom. The van der Waals surface area contributed by atoms with E-state index < -0.39 is 4.92 Å². The first kappa shape index (κ1) is 16.6. The monoisotopic (exact) mass is 362 g/mol. The quantitative estimate of drug-likeness (QED) is 0.416. The Labute approximate surface area is 153 Å². The summed E-state index contributed by atoms with van der Waals surface area (Å²) in [7, 11) is 0. The van der Waals surface area contributed by atoms with E-state index in [4.69, 9.17) is 9.15 Å². The average molecular weight is 362 g/mol. The highest BCUT2D eigenvalue weighted by Crippen LogP contribution is 2.30. The molecule has 0 saturated carbocycles. The summed E-state index contributed by atoms with van der Waals surface area (Å²) in [6, 6.07) is 18.8. The minimum Gasteiger partial charge on any atom is -0.484 e. The second-order valence-corrected chi connectivity index (χ2v) is 5.90. The highest BCUT2D eigenvalue weighted by atomic mass is 16.6. The van der Waals surface area contributed by atoms with Crippen LogP contribution in [0.15, 0.2) is 71.1 Å². The molecule has 1 N–H and O–H groups in total. The van der Waals surface area contributed by atoms with Gasteiger partial charge in [0, 0.05) is 22.5 Å². The van der Waals surface area contributed by atoms with E-state index in [0.717, 1.165) is 21.9 Å². The van der Waals surface area contributed by atoms with Crippen molar-refractivity contribution >= 4 is 39.2 Å². The Balaban J connectivity index is 1.47. The fourth-order valence-corrected chi connectivity index (χ4v) is 2.84. The van der Waals surface area contributed by atoms with E-state index in [-0.39, 0.29) is 24.0 Å². The number of nitro benzene ring substituents is 1. The Hall–Kier alpha value is -3.87. The smallest absolute Gasteiger partial charge is 0.273 e. The van der Waals surface area contributed by atoms with Gasteiger partial charge in [-0.1, -0.05) is 24.3 Å². The number of amides is 1. The molecule has 0 spiro atoms. The number of nitro groups is 1. The number of nitrogens with one attached hydrogen (secondary N) is 1. The van der Waals surface area contributed by atoms with Crippen LogP contribution in [0.25, 0.3) is 21.9 Å². The lowest BCUT2D eigenvalue weighted by atomic mass is 10.1. The summed E-state index contributed by atoms with van der Waals surface area (Å²) in [5.41, 5.74) is 2.04. The summed E-state index contributed by atoms with van der Waals surface area (Å²) in [6.45, 7) is -0.259. The Morgan fingerprint density at radius 2 is 1.81 bits per heavy atom. The van der Waals surface area contributed by atoms with Crippen molar-refractivity contribution in [2.75, 3.05) is 11.9 Å². The van der Waals surface area contributed by atoms with Crippen LogP contribution in [0.5, 0.6) is 5.75 Å². The minimum atomic E-state index is -0.516. The molecule has 134 valence electrons. The van der Waals surface area contributed by atoms with Crippen molar-refractivity contribution in [3.8, 4) is 5.75 Å². The zero-order valence-corrected chi connectivity index (χ0v) is 14.0. The molecule has 0 saturated heterocycles. The van der Waals surface area contributed by atoms with Crippen molar-refractivity contribution < 1.29 is 18.9 Å². The van der Waals surface area contributed by atoms with Gasteiger partial charge in [-0.2, -0.15) is 0 Å². The number of benzene rings is 3. The van der Waals surface area contributed by atoms with E-state index in [1.165, 1.54) is 18.2 Å². The number of anilines is 1. The number of carbonyl (C=O) groups is 1. The van der Waals surface area contributed by atoms with Crippen molar-refractivity contribution in [3.05, 3.63) is 76.8 Å². The Bertz CT molecular complexity index is 1170. The molecule has 0 fully saturated rings. The van der Waals surface area contributed by atoms with Crippen LogP contribution in [-0.4, -0.2) is 17.4 Å². The normalized spacial score (nSPS) is 10.8. The van der Waals surface area contributed by atoms with Gasteiger partial charge in [-0.15, -0.1) is 0 Å². The van der Waals surface area contributed by atoms with E-state index in [1.807, 2.05) is 30.3 Å². The zero-order valence-electron chi connectivity index (χ0n) is 14.0. The second kappa shape index (κ2) is 6.80. The van der Waals surface area contributed by atoms with Gasteiger partial charge in [-0.05, 0) is 30.3 Å². The maximum atomic E-state index is 12.1. The molecule has 0 unspecified atom stereocenters. The molecule has 1 heterocycles. The van der Waals surface area contributed by atoms with E-state index in [9.17, 15) is 14.9 Å². The van der Waals surface area contributed by atoms with Crippen LogP contribution in [0, 0.1) is 10.1 Å². The van der Waals surface area contributed by atoms with Crippen LogP contribution in [0.3, 0.4) is 0 Å². The number of para-hydroxylation sites is 1. The summed E-state index contributed by atoms with van der Waals surface area (Å²) in [5, 5.41) is 15.4. The molecule has 1 amide bonds. The molecule has 1 aromatic heterocycles. The Kier molecular flexibility index (Phi) is 4.18. The first-order chi connectivity index (χ1) is 13.1. The van der Waals surface area contributed by atoms with E-state index in [0.29, 0.717) is 5.69 Å². The number of non-ortho nitro benzene ring substituents is 1. The topological polar surface area (TPSA) is 94.6 Å². The first-order valence-corrected chi connectivity index (χ1v) is 8.18. The molecule has 0 aliphatic heterocycles. The number of hydrogen-bond donors (Lipinski definition) is 1. The predicted octanol–water partition coefficient (Wildman–Crippen LogP) is 4.51. The van der Waals surface area contributed by atoms with Crippen molar-refractivity contribution in [2.45, 2.75) is 0 Å².